The van der Waals surface area contributed by atoms with Crippen molar-refractivity contribution in [3.63, 3.8) is 0 Å². The van der Waals surface area contributed by atoms with Crippen LogP contribution in [0.1, 0.15) is 24.8 Å². The third kappa shape index (κ3) is 4.21. The lowest BCUT2D eigenvalue weighted by Gasteiger charge is -2.34. The highest BCUT2D eigenvalue weighted by molar-refractivity contribution is 6.32. The predicted octanol–water partition coefficient (Wildman–Crippen LogP) is 2.89. The van der Waals surface area contributed by atoms with Crippen LogP contribution < -0.4 is 4.74 Å². The Kier molecular flexibility index (Phi) is 5.98. The predicted molar refractivity (Wildman–Crippen MR) is 91.3 cm³/mol. The summed E-state index contributed by atoms with van der Waals surface area (Å²) in [6.45, 7) is 2.87. The molecule has 0 N–H and O–H groups in total. The van der Waals surface area contributed by atoms with E-state index in [1.807, 2.05) is 23.1 Å². The highest BCUT2D eigenvalue weighted by atomic mass is 35.5. The first-order valence-electron chi connectivity index (χ1n) is 8.51. The van der Waals surface area contributed by atoms with Crippen LogP contribution in [0.3, 0.4) is 0 Å². The zero-order valence-electron chi connectivity index (χ0n) is 14.0. The lowest BCUT2D eigenvalue weighted by molar-refractivity contribution is -0.139. The van der Waals surface area contributed by atoms with Crippen molar-refractivity contribution in [2.75, 3.05) is 33.4 Å². The Labute approximate surface area is 147 Å². The van der Waals surface area contributed by atoms with Crippen LogP contribution in [0.25, 0.3) is 0 Å². The summed E-state index contributed by atoms with van der Waals surface area (Å²) in [7, 11) is 1.59. The number of carbonyl (C=O) groups excluding carboxylic acids is 1. The average Bonchev–Trinajstić information content (AvgIpc) is 3.14. The molecule has 6 heteroatoms. The van der Waals surface area contributed by atoms with Gasteiger partial charge >= 0.3 is 0 Å². The van der Waals surface area contributed by atoms with Gasteiger partial charge in [0.05, 0.1) is 25.3 Å². The van der Waals surface area contributed by atoms with E-state index in [1.54, 1.807) is 7.11 Å². The second kappa shape index (κ2) is 8.19. The van der Waals surface area contributed by atoms with Gasteiger partial charge in [-0.05, 0) is 37.0 Å². The average molecular weight is 354 g/mol. The lowest BCUT2D eigenvalue weighted by atomic mass is 9.97. The summed E-state index contributed by atoms with van der Waals surface area (Å²) in [4.78, 5) is 14.5. The van der Waals surface area contributed by atoms with E-state index in [4.69, 9.17) is 25.8 Å². The Morgan fingerprint density at radius 2 is 2.17 bits per heavy atom. The van der Waals surface area contributed by atoms with E-state index in [9.17, 15) is 4.79 Å². The van der Waals surface area contributed by atoms with Crippen molar-refractivity contribution in [1.82, 2.24) is 4.90 Å². The van der Waals surface area contributed by atoms with Crippen molar-refractivity contribution in [2.45, 2.75) is 32.0 Å². The second-order valence-corrected chi connectivity index (χ2v) is 6.73. The minimum absolute atomic E-state index is 0.138. The van der Waals surface area contributed by atoms with Gasteiger partial charge in [-0.2, -0.15) is 0 Å². The number of nitrogens with zero attached hydrogens (tertiary/aromatic N) is 1. The van der Waals surface area contributed by atoms with Gasteiger partial charge in [-0.15, -0.1) is 0 Å². The first-order valence-corrected chi connectivity index (χ1v) is 8.88. The SMILES string of the molecule is COc1ccc(CCC(=O)N2CCCC(C3OCCO3)C2)cc1Cl. The van der Waals surface area contributed by atoms with Gasteiger partial charge in [0.2, 0.25) is 5.91 Å². The van der Waals surface area contributed by atoms with E-state index in [2.05, 4.69) is 0 Å². The van der Waals surface area contributed by atoms with E-state index in [0.717, 1.165) is 31.5 Å². The lowest BCUT2D eigenvalue weighted by Crippen LogP contribution is -2.43. The number of piperidine rings is 1. The van der Waals surface area contributed by atoms with Gasteiger partial charge in [0, 0.05) is 25.4 Å². The van der Waals surface area contributed by atoms with E-state index in [0.29, 0.717) is 42.7 Å². The van der Waals surface area contributed by atoms with Gasteiger partial charge < -0.3 is 19.1 Å². The molecule has 1 aromatic carbocycles. The molecule has 24 heavy (non-hydrogen) atoms. The minimum Gasteiger partial charge on any atom is -0.495 e. The normalized spacial score (nSPS) is 21.9. The number of aryl methyl sites for hydroxylation is 1. The van der Waals surface area contributed by atoms with Gasteiger partial charge in [0.15, 0.2) is 6.29 Å². The van der Waals surface area contributed by atoms with Crippen molar-refractivity contribution in [3.05, 3.63) is 28.8 Å². The number of likely N-dealkylation sites (tertiary alicyclic amines) is 1. The number of rotatable bonds is 5. The molecule has 1 aromatic rings. The molecule has 0 saturated carbocycles. The molecule has 2 aliphatic rings. The van der Waals surface area contributed by atoms with Crippen LogP contribution in [0.4, 0.5) is 0 Å². The maximum Gasteiger partial charge on any atom is 0.222 e. The standard InChI is InChI=1S/C18H24ClNO4/c1-22-16-6-4-13(11-15(16)19)5-7-17(21)20-8-2-3-14(12-20)18-23-9-10-24-18/h4,6,11,14,18H,2-3,5,7-10,12H2,1H3. The van der Waals surface area contributed by atoms with Crippen molar-refractivity contribution >= 4 is 17.5 Å². The summed E-state index contributed by atoms with van der Waals surface area (Å²) in [5.41, 5.74) is 1.05. The number of methoxy groups -OCH3 is 1. The van der Waals surface area contributed by atoms with Gasteiger partial charge in [0.1, 0.15) is 5.75 Å². The van der Waals surface area contributed by atoms with Gasteiger partial charge in [-0.25, -0.2) is 0 Å². The maximum atomic E-state index is 12.5. The van der Waals surface area contributed by atoms with Crippen LogP contribution in [0, 0.1) is 5.92 Å². The second-order valence-electron chi connectivity index (χ2n) is 6.32. The van der Waals surface area contributed by atoms with Crippen LogP contribution in [0.15, 0.2) is 18.2 Å². The quantitative estimate of drug-likeness (QED) is 0.816. The molecular formula is C18H24ClNO4. The molecule has 1 atom stereocenters. The number of carbonyl (C=O) groups is 1. The largest absolute Gasteiger partial charge is 0.495 e. The summed E-state index contributed by atoms with van der Waals surface area (Å²) in [5.74, 6) is 1.13. The van der Waals surface area contributed by atoms with Crippen molar-refractivity contribution in [1.29, 1.82) is 0 Å². The Morgan fingerprint density at radius 1 is 1.38 bits per heavy atom. The Bertz CT molecular complexity index is 574. The molecule has 1 amide bonds. The van der Waals surface area contributed by atoms with E-state index < -0.39 is 0 Å². The van der Waals surface area contributed by atoms with E-state index >= 15 is 0 Å². The molecule has 132 valence electrons. The molecule has 5 nitrogen and oxygen atoms in total. The molecule has 0 spiro atoms. The van der Waals surface area contributed by atoms with Gasteiger partial charge in [-0.3, -0.25) is 4.79 Å². The summed E-state index contributed by atoms with van der Waals surface area (Å²) >= 11 is 6.14. The Hall–Kier alpha value is -1.30. The molecular weight excluding hydrogens is 330 g/mol. The summed E-state index contributed by atoms with van der Waals surface area (Å²) in [6, 6.07) is 5.66. The molecule has 1 unspecified atom stereocenters. The molecule has 2 saturated heterocycles. The van der Waals surface area contributed by atoms with Crippen LogP contribution in [-0.2, 0) is 20.7 Å². The minimum atomic E-state index is -0.138. The molecule has 0 aromatic heterocycles. The van der Waals surface area contributed by atoms with E-state index in [1.165, 1.54) is 0 Å². The van der Waals surface area contributed by atoms with Crippen LogP contribution in [0.5, 0.6) is 5.75 Å². The molecule has 2 heterocycles. The van der Waals surface area contributed by atoms with Crippen molar-refractivity contribution in [2.24, 2.45) is 5.92 Å². The number of hydrogen-bond donors (Lipinski definition) is 0. The molecule has 3 rings (SSSR count). The summed E-state index contributed by atoms with van der Waals surface area (Å²) < 4.78 is 16.3. The topological polar surface area (TPSA) is 48.0 Å². The Balaban J connectivity index is 1.51. The number of benzene rings is 1. The highest BCUT2D eigenvalue weighted by Crippen LogP contribution is 2.27. The number of amides is 1. The zero-order chi connectivity index (χ0) is 16.9. The Morgan fingerprint density at radius 3 is 2.88 bits per heavy atom. The monoisotopic (exact) mass is 353 g/mol. The molecule has 2 fully saturated rings. The molecule has 0 radical (unpaired) electrons. The van der Waals surface area contributed by atoms with Crippen LogP contribution in [0.2, 0.25) is 5.02 Å². The number of halogens is 1. The fourth-order valence-electron chi connectivity index (χ4n) is 3.38. The third-order valence-electron chi connectivity index (χ3n) is 4.69. The van der Waals surface area contributed by atoms with Crippen molar-refractivity contribution < 1.29 is 19.0 Å². The molecule has 0 bridgehead atoms. The van der Waals surface area contributed by atoms with Crippen LogP contribution >= 0.6 is 11.6 Å². The molecule has 0 aliphatic carbocycles. The van der Waals surface area contributed by atoms with E-state index in [-0.39, 0.29) is 12.2 Å². The van der Waals surface area contributed by atoms with Crippen LogP contribution in [-0.4, -0.2) is 50.5 Å². The van der Waals surface area contributed by atoms with Crippen molar-refractivity contribution in [3.8, 4) is 5.75 Å². The maximum absolute atomic E-state index is 12.5. The fraction of sp³-hybridized carbons (Fsp3) is 0.611. The van der Waals surface area contributed by atoms with Gasteiger partial charge in [0.25, 0.3) is 0 Å². The summed E-state index contributed by atoms with van der Waals surface area (Å²) in [6.07, 6.45) is 3.10. The first kappa shape index (κ1) is 17.5. The fourth-order valence-corrected chi connectivity index (χ4v) is 3.66. The molecule has 2 aliphatic heterocycles. The highest BCUT2D eigenvalue weighted by Gasteiger charge is 2.32. The summed E-state index contributed by atoms with van der Waals surface area (Å²) in [5, 5.41) is 0.580. The number of hydrogen-bond acceptors (Lipinski definition) is 4. The smallest absolute Gasteiger partial charge is 0.222 e. The third-order valence-corrected chi connectivity index (χ3v) is 4.98. The zero-order valence-corrected chi connectivity index (χ0v) is 14.8. The number of ether oxygens (including phenoxy) is 3. The first-order chi connectivity index (χ1) is 11.7. The van der Waals surface area contributed by atoms with Gasteiger partial charge in [-0.1, -0.05) is 17.7 Å².